The van der Waals surface area contributed by atoms with Gasteiger partial charge in [0.2, 0.25) is 0 Å². The zero-order valence-electron chi connectivity index (χ0n) is 13.0. The Hall–Kier alpha value is -3.41. The second kappa shape index (κ2) is 6.78. The predicted octanol–water partition coefficient (Wildman–Crippen LogP) is 2.28. The summed E-state index contributed by atoms with van der Waals surface area (Å²) in [5, 5.41) is 27.7. The summed E-state index contributed by atoms with van der Waals surface area (Å²) in [6.07, 6.45) is 0. The van der Waals surface area contributed by atoms with Gasteiger partial charge in [0.05, 0.1) is 4.92 Å². The fraction of sp³-hybridized carbons (Fsp3) is 0.267. The molecule has 1 atom stereocenters. The molecule has 0 fully saturated rings. The number of amides is 2. The number of nitro benzene ring substituents is 1. The van der Waals surface area contributed by atoms with Gasteiger partial charge in [-0.2, -0.15) is 10.4 Å². The summed E-state index contributed by atoms with van der Waals surface area (Å²) in [6, 6.07) is 6.31. The first kappa shape index (κ1) is 17.0. The monoisotopic (exact) mass is 327 g/mol. The number of likely N-dealkylation sites (N-methyl/N-ethyl adjacent to an activating group) is 1. The average molecular weight is 327 g/mol. The molecule has 1 aliphatic heterocycles. The number of benzene rings is 1. The molecule has 9 nitrogen and oxygen atoms in total. The third-order valence-electron chi connectivity index (χ3n) is 3.55. The fourth-order valence-electron chi connectivity index (χ4n) is 2.27. The van der Waals surface area contributed by atoms with Gasteiger partial charge < -0.3 is 0 Å². The maximum atomic E-state index is 12.4. The number of carbonyl (C=O) groups is 2. The van der Waals surface area contributed by atoms with E-state index in [9.17, 15) is 19.7 Å². The summed E-state index contributed by atoms with van der Waals surface area (Å²) in [4.78, 5) is 35.7. The van der Waals surface area contributed by atoms with Crippen LogP contribution in [0.4, 0.5) is 11.4 Å². The van der Waals surface area contributed by atoms with E-state index in [0.29, 0.717) is 0 Å². The van der Waals surface area contributed by atoms with Crippen molar-refractivity contribution in [3.05, 3.63) is 45.5 Å². The topological polar surface area (TPSA) is 129 Å². The Bertz CT molecular complexity index is 821. The molecule has 1 aromatic carbocycles. The van der Waals surface area contributed by atoms with Crippen molar-refractivity contribution in [2.75, 3.05) is 6.54 Å². The van der Waals surface area contributed by atoms with E-state index in [-0.39, 0.29) is 29.1 Å². The van der Waals surface area contributed by atoms with Crippen LogP contribution >= 0.6 is 0 Å². The van der Waals surface area contributed by atoms with Crippen LogP contribution in [0.5, 0.6) is 0 Å². The van der Waals surface area contributed by atoms with Gasteiger partial charge in [-0.15, -0.1) is 5.11 Å². The van der Waals surface area contributed by atoms with E-state index in [2.05, 4.69) is 10.2 Å². The first-order valence-electron chi connectivity index (χ1n) is 7.03. The number of nitrogens with zero attached hydrogens (tertiary/aromatic N) is 5. The average Bonchev–Trinajstić information content (AvgIpc) is 2.55. The molecule has 0 aliphatic carbocycles. The summed E-state index contributed by atoms with van der Waals surface area (Å²) in [7, 11) is 0. The van der Waals surface area contributed by atoms with Gasteiger partial charge in [0.15, 0.2) is 11.7 Å². The Morgan fingerprint density at radius 2 is 2.04 bits per heavy atom. The molecule has 0 saturated heterocycles. The van der Waals surface area contributed by atoms with Crippen molar-refractivity contribution >= 4 is 23.2 Å². The Morgan fingerprint density at radius 3 is 2.62 bits per heavy atom. The molecule has 0 radical (unpaired) electrons. The van der Waals surface area contributed by atoms with E-state index in [4.69, 9.17) is 5.26 Å². The number of hydrogen-bond donors (Lipinski definition) is 0. The van der Waals surface area contributed by atoms with Gasteiger partial charge in [0, 0.05) is 12.6 Å². The summed E-state index contributed by atoms with van der Waals surface area (Å²) < 4.78 is 0. The molecule has 0 aromatic heterocycles. The minimum absolute atomic E-state index is 0.0124. The lowest BCUT2D eigenvalue weighted by atomic mass is 9.97. The van der Waals surface area contributed by atoms with Gasteiger partial charge in [-0.25, -0.2) is 0 Å². The molecule has 2 rings (SSSR count). The standard InChI is InChI=1S/C15H13N5O4/c1-3-19-14(21)10(8-16)9(2)13(15(19)22)18-17-11-6-4-5-7-12(11)20(23)24/h4-7,13H,3H2,1-2H3. The van der Waals surface area contributed by atoms with Crippen molar-refractivity contribution in [2.24, 2.45) is 10.2 Å². The number of nitriles is 1. The lowest BCUT2D eigenvalue weighted by molar-refractivity contribution is -0.384. The van der Waals surface area contributed by atoms with E-state index in [0.717, 1.165) is 4.90 Å². The largest absolute Gasteiger partial charge is 0.296 e. The highest BCUT2D eigenvalue weighted by molar-refractivity contribution is 6.12. The summed E-state index contributed by atoms with van der Waals surface area (Å²) in [5.74, 6) is -1.28. The predicted molar refractivity (Wildman–Crippen MR) is 82.1 cm³/mol. The smallest absolute Gasteiger partial charge is 0.276 e. The lowest BCUT2D eigenvalue weighted by Gasteiger charge is -2.27. The van der Waals surface area contributed by atoms with Crippen LogP contribution < -0.4 is 0 Å². The first-order valence-corrected chi connectivity index (χ1v) is 7.03. The van der Waals surface area contributed by atoms with Crippen LogP contribution in [0.25, 0.3) is 0 Å². The van der Waals surface area contributed by atoms with Crippen LogP contribution in [0.15, 0.2) is 45.6 Å². The third kappa shape index (κ3) is 2.89. The van der Waals surface area contributed by atoms with Gasteiger partial charge in [0.25, 0.3) is 17.5 Å². The molecule has 0 saturated carbocycles. The Labute approximate surface area is 137 Å². The highest BCUT2D eigenvalue weighted by Crippen LogP contribution is 2.29. The van der Waals surface area contributed by atoms with Crippen molar-refractivity contribution in [3.63, 3.8) is 0 Å². The maximum absolute atomic E-state index is 12.4. The number of azo groups is 1. The molecular weight excluding hydrogens is 314 g/mol. The van der Waals surface area contributed by atoms with Crippen LogP contribution in [0.2, 0.25) is 0 Å². The molecule has 1 aromatic rings. The van der Waals surface area contributed by atoms with Crippen molar-refractivity contribution in [1.82, 2.24) is 4.90 Å². The van der Waals surface area contributed by atoms with Gasteiger partial charge in [-0.3, -0.25) is 24.6 Å². The van der Waals surface area contributed by atoms with Gasteiger partial charge >= 0.3 is 0 Å². The minimum Gasteiger partial charge on any atom is -0.276 e. The molecule has 0 spiro atoms. The number of hydrogen-bond acceptors (Lipinski definition) is 7. The van der Waals surface area contributed by atoms with Crippen LogP contribution in [0.3, 0.4) is 0 Å². The molecule has 122 valence electrons. The number of nitro groups is 1. The van der Waals surface area contributed by atoms with E-state index in [1.807, 2.05) is 0 Å². The summed E-state index contributed by atoms with van der Waals surface area (Å²) in [6.45, 7) is 3.14. The highest BCUT2D eigenvalue weighted by atomic mass is 16.6. The first-order chi connectivity index (χ1) is 11.4. The van der Waals surface area contributed by atoms with Crippen LogP contribution in [0.1, 0.15) is 13.8 Å². The van der Waals surface area contributed by atoms with Crippen molar-refractivity contribution in [2.45, 2.75) is 19.9 Å². The number of carbonyl (C=O) groups excluding carboxylic acids is 2. The maximum Gasteiger partial charge on any atom is 0.296 e. The van der Waals surface area contributed by atoms with Crippen molar-refractivity contribution < 1.29 is 14.5 Å². The number of imide groups is 1. The second-order valence-corrected chi connectivity index (χ2v) is 4.92. The zero-order chi connectivity index (χ0) is 17.9. The molecule has 1 aliphatic rings. The molecule has 2 amide bonds. The molecular formula is C15H13N5O4. The SMILES string of the molecule is CCN1C(=O)C(C#N)=C(C)C(N=Nc2ccccc2[N+](=O)[O-])C1=O. The van der Waals surface area contributed by atoms with Crippen LogP contribution in [-0.4, -0.2) is 34.2 Å². The zero-order valence-corrected chi connectivity index (χ0v) is 13.0. The molecule has 24 heavy (non-hydrogen) atoms. The van der Waals surface area contributed by atoms with E-state index in [1.165, 1.54) is 25.1 Å². The van der Waals surface area contributed by atoms with E-state index in [1.54, 1.807) is 19.1 Å². The summed E-state index contributed by atoms with van der Waals surface area (Å²) in [5.41, 5.74) is -0.251. The molecule has 0 N–H and O–H groups in total. The third-order valence-corrected chi connectivity index (χ3v) is 3.55. The molecule has 1 heterocycles. The van der Waals surface area contributed by atoms with Crippen molar-refractivity contribution in [1.29, 1.82) is 5.26 Å². The lowest BCUT2D eigenvalue weighted by Crippen LogP contribution is -2.47. The van der Waals surface area contributed by atoms with Gasteiger partial charge in [-0.1, -0.05) is 12.1 Å². The molecule has 9 heteroatoms. The van der Waals surface area contributed by atoms with Crippen LogP contribution in [0, 0.1) is 21.4 Å². The van der Waals surface area contributed by atoms with Gasteiger partial charge in [-0.05, 0) is 25.5 Å². The highest BCUT2D eigenvalue weighted by Gasteiger charge is 2.38. The Kier molecular flexibility index (Phi) is 4.79. The summed E-state index contributed by atoms with van der Waals surface area (Å²) >= 11 is 0. The molecule has 1 unspecified atom stereocenters. The second-order valence-electron chi connectivity index (χ2n) is 4.92. The molecule has 0 bridgehead atoms. The number of para-hydroxylation sites is 1. The normalized spacial score (nSPS) is 18.2. The number of rotatable bonds is 4. The van der Waals surface area contributed by atoms with E-state index >= 15 is 0 Å². The Balaban J connectivity index is 2.47. The fourth-order valence-corrected chi connectivity index (χ4v) is 2.27. The van der Waals surface area contributed by atoms with Crippen LogP contribution in [-0.2, 0) is 9.59 Å². The quantitative estimate of drug-likeness (QED) is 0.362. The van der Waals surface area contributed by atoms with Gasteiger partial charge in [0.1, 0.15) is 11.6 Å². The minimum atomic E-state index is -1.16. The van der Waals surface area contributed by atoms with E-state index < -0.39 is 22.8 Å². The Morgan fingerprint density at radius 1 is 1.38 bits per heavy atom. The van der Waals surface area contributed by atoms with Crippen molar-refractivity contribution in [3.8, 4) is 6.07 Å².